The molecule has 0 rings (SSSR count). The molecule has 0 bridgehead atoms. The predicted molar refractivity (Wildman–Crippen MR) is 49.3 cm³/mol. The molecule has 0 radical (unpaired) electrons. The van der Waals surface area contributed by atoms with Gasteiger partial charge in [0.25, 0.3) is 0 Å². The van der Waals surface area contributed by atoms with Crippen molar-refractivity contribution >= 4 is 11.6 Å². The molecule has 1 atom stereocenters. The van der Waals surface area contributed by atoms with E-state index in [1.165, 1.54) is 0 Å². The number of alkyl halides is 1. The highest BCUT2D eigenvalue weighted by Crippen LogP contribution is 2.19. The maximum absolute atomic E-state index is 13.2. The van der Waals surface area contributed by atoms with Crippen LogP contribution in [0.2, 0.25) is 0 Å². The van der Waals surface area contributed by atoms with Gasteiger partial charge >= 0.3 is 0 Å². The zero-order valence-electron chi connectivity index (χ0n) is 8.69. The Kier molecular flexibility index (Phi) is 4.24. The van der Waals surface area contributed by atoms with Gasteiger partial charge < -0.3 is 0 Å². The first-order valence-electron chi connectivity index (χ1n) is 4.51. The van der Waals surface area contributed by atoms with Crippen molar-refractivity contribution in [3.63, 3.8) is 0 Å². The van der Waals surface area contributed by atoms with Gasteiger partial charge in [-0.3, -0.25) is 9.59 Å². The fourth-order valence-corrected chi connectivity index (χ4v) is 0.900. The molecule has 1 unspecified atom stereocenters. The summed E-state index contributed by atoms with van der Waals surface area (Å²) in [7, 11) is 0. The van der Waals surface area contributed by atoms with E-state index in [0.29, 0.717) is 6.42 Å². The van der Waals surface area contributed by atoms with Gasteiger partial charge in [-0.25, -0.2) is 4.39 Å². The fourth-order valence-electron chi connectivity index (χ4n) is 0.900. The van der Waals surface area contributed by atoms with Crippen molar-refractivity contribution in [3.05, 3.63) is 0 Å². The highest BCUT2D eigenvalue weighted by molar-refractivity contribution is 6.07. The van der Waals surface area contributed by atoms with Crippen LogP contribution in [0.25, 0.3) is 0 Å². The van der Waals surface area contributed by atoms with Gasteiger partial charge in [0, 0.05) is 11.8 Å². The summed E-state index contributed by atoms with van der Waals surface area (Å²) in [6.45, 7) is 6.62. The topological polar surface area (TPSA) is 34.1 Å². The summed E-state index contributed by atoms with van der Waals surface area (Å²) in [6, 6.07) is 0. The Bertz CT molecular complexity index is 203. The smallest absolute Gasteiger partial charge is 0.216 e. The molecule has 2 nitrogen and oxygen atoms in total. The van der Waals surface area contributed by atoms with Crippen molar-refractivity contribution in [1.82, 2.24) is 0 Å². The number of rotatable bonds is 4. The molecule has 0 spiro atoms. The number of Topliss-reactive ketones (excluding diaryl/α,β-unsaturated/α-hetero) is 2. The Morgan fingerprint density at radius 2 is 1.77 bits per heavy atom. The minimum absolute atomic E-state index is 0.142. The Balaban J connectivity index is 4.35. The van der Waals surface area contributed by atoms with Crippen LogP contribution < -0.4 is 0 Å². The van der Waals surface area contributed by atoms with E-state index in [1.54, 1.807) is 27.7 Å². The zero-order chi connectivity index (χ0) is 10.6. The van der Waals surface area contributed by atoms with E-state index in [1.807, 2.05) is 0 Å². The third-order valence-corrected chi connectivity index (χ3v) is 1.75. The molecule has 0 saturated heterocycles. The van der Waals surface area contributed by atoms with Crippen LogP contribution in [0.4, 0.5) is 4.39 Å². The van der Waals surface area contributed by atoms with Crippen LogP contribution in [-0.4, -0.2) is 17.7 Å². The summed E-state index contributed by atoms with van der Waals surface area (Å²) in [4.78, 5) is 22.3. The summed E-state index contributed by atoms with van der Waals surface area (Å²) >= 11 is 0. The molecule has 0 saturated carbocycles. The third kappa shape index (κ3) is 3.66. The second kappa shape index (κ2) is 4.49. The van der Waals surface area contributed by atoms with Crippen LogP contribution in [0.3, 0.4) is 0 Å². The molecule has 0 aliphatic heterocycles. The molecule has 0 aromatic heterocycles. The van der Waals surface area contributed by atoms with Crippen molar-refractivity contribution < 1.29 is 14.0 Å². The molecule has 13 heavy (non-hydrogen) atoms. The highest BCUT2D eigenvalue weighted by Gasteiger charge is 2.33. The lowest BCUT2D eigenvalue weighted by Crippen LogP contribution is -2.35. The molecule has 76 valence electrons. The maximum Gasteiger partial charge on any atom is 0.216 e. The zero-order valence-corrected chi connectivity index (χ0v) is 8.69. The number of halogens is 1. The Hall–Kier alpha value is -0.730. The van der Waals surface area contributed by atoms with Crippen molar-refractivity contribution in [2.24, 2.45) is 5.41 Å². The summed E-state index contributed by atoms with van der Waals surface area (Å²) < 4.78 is 13.2. The molecule has 0 aromatic carbocycles. The maximum atomic E-state index is 13.2. The highest BCUT2D eigenvalue weighted by atomic mass is 19.1. The summed E-state index contributed by atoms with van der Waals surface area (Å²) in [5.74, 6) is -1.21. The normalized spacial score (nSPS) is 13.9. The molecule has 0 N–H and O–H groups in total. The third-order valence-electron chi connectivity index (χ3n) is 1.75. The largest absolute Gasteiger partial charge is 0.296 e. The van der Waals surface area contributed by atoms with Crippen LogP contribution in [0.1, 0.15) is 40.5 Å². The van der Waals surface area contributed by atoms with Crippen LogP contribution in [0.15, 0.2) is 0 Å². The molecule has 0 amide bonds. The molecular weight excluding hydrogens is 171 g/mol. The quantitative estimate of drug-likeness (QED) is 0.634. The Morgan fingerprint density at radius 3 is 2.08 bits per heavy atom. The lowest BCUT2D eigenvalue weighted by atomic mass is 9.86. The fraction of sp³-hybridized carbons (Fsp3) is 0.800. The number of carbonyl (C=O) groups excluding carboxylic acids is 2. The minimum atomic E-state index is -1.93. The second-order valence-electron chi connectivity index (χ2n) is 4.19. The standard InChI is InChI=1S/C10H17FO2/c1-5-6-7(12)8(11)9(13)10(2,3)4/h8H,5-6H2,1-4H3. The SMILES string of the molecule is CCCC(=O)C(F)C(=O)C(C)(C)C. The lowest BCUT2D eigenvalue weighted by Gasteiger charge is -2.18. The summed E-state index contributed by atoms with van der Waals surface area (Å²) in [5.41, 5.74) is -0.775. The number of ketones is 2. The van der Waals surface area contributed by atoms with Gasteiger partial charge in [0.1, 0.15) is 0 Å². The van der Waals surface area contributed by atoms with Gasteiger partial charge in [-0.15, -0.1) is 0 Å². The first kappa shape index (κ1) is 12.3. The monoisotopic (exact) mass is 188 g/mol. The van der Waals surface area contributed by atoms with Gasteiger partial charge in [0.15, 0.2) is 11.6 Å². The Labute approximate surface area is 78.5 Å². The van der Waals surface area contributed by atoms with E-state index >= 15 is 0 Å². The van der Waals surface area contributed by atoms with Crippen LogP contribution in [-0.2, 0) is 9.59 Å². The summed E-state index contributed by atoms with van der Waals surface area (Å²) in [5, 5.41) is 0. The van der Waals surface area contributed by atoms with Gasteiger partial charge in [-0.1, -0.05) is 27.7 Å². The van der Waals surface area contributed by atoms with Gasteiger partial charge in [-0.05, 0) is 6.42 Å². The lowest BCUT2D eigenvalue weighted by molar-refractivity contribution is -0.139. The van der Waals surface area contributed by atoms with E-state index in [0.717, 1.165) is 0 Å². The second-order valence-corrected chi connectivity index (χ2v) is 4.19. The molecule has 0 aliphatic rings. The summed E-state index contributed by atoms with van der Waals surface area (Å²) in [6.07, 6.45) is -1.21. The van der Waals surface area contributed by atoms with Crippen molar-refractivity contribution in [2.45, 2.75) is 46.7 Å². The Morgan fingerprint density at radius 1 is 1.31 bits per heavy atom. The average molecular weight is 188 g/mol. The number of hydrogen-bond donors (Lipinski definition) is 0. The molecule has 0 fully saturated rings. The van der Waals surface area contributed by atoms with Crippen molar-refractivity contribution in [2.75, 3.05) is 0 Å². The molecular formula is C10H17FO2. The molecule has 0 aromatic rings. The van der Waals surface area contributed by atoms with Crippen LogP contribution >= 0.6 is 0 Å². The van der Waals surface area contributed by atoms with E-state index in [-0.39, 0.29) is 6.42 Å². The van der Waals surface area contributed by atoms with Gasteiger partial charge in [0.05, 0.1) is 0 Å². The first-order chi connectivity index (χ1) is 5.80. The number of carbonyl (C=O) groups is 2. The predicted octanol–water partition coefficient (Wildman–Crippen LogP) is 2.31. The van der Waals surface area contributed by atoms with E-state index in [2.05, 4.69) is 0 Å². The van der Waals surface area contributed by atoms with E-state index in [4.69, 9.17) is 0 Å². The van der Waals surface area contributed by atoms with Crippen molar-refractivity contribution in [1.29, 1.82) is 0 Å². The first-order valence-corrected chi connectivity index (χ1v) is 4.51. The van der Waals surface area contributed by atoms with Crippen LogP contribution in [0, 0.1) is 5.41 Å². The van der Waals surface area contributed by atoms with Crippen LogP contribution in [0.5, 0.6) is 0 Å². The molecule has 3 heteroatoms. The van der Waals surface area contributed by atoms with Gasteiger partial charge in [-0.2, -0.15) is 0 Å². The molecule has 0 heterocycles. The van der Waals surface area contributed by atoms with E-state index in [9.17, 15) is 14.0 Å². The van der Waals surface area contributed by atoms with Crippen molar-refractivity contribution in [3.8, 4) is 0 Å². The minimum Gasteiger partial charge on any atom is -0.296 e. The average Bonchev–Trinajstić information content (AvgIpc) is 2.00. The number of hydrogen-bond acceptors (Lipinski definition) is 2. The van der Waals surface area contributed by atoms with Gasteiger partial charge in [0.2, 0.25) is 6.17 Å². The molecule has 0 aliphatic carbocycles. The van der Waals surface area contributed by atoms with E-state index < -0.39 is 23.2 Å².